The summed E-state index contributed by atoms with van der Waals surface area (Å²) in [5.41, 5.74) is 2.69. The van der Waals surface area contributed by atoms with Gasteiger partial charge in [0.25, 0.3) is 0 Å². The maximum absolute atomic E-state index is 6.19. The van der Waals surface area contributed by atoms with E-state index in [0.717, 1.165) is 11.3 Å². The lowest BCUT2D eigenvalue weighted by Gasteiger charge is -2.08. The van der Waals surface area contributed by atoms with Gasteiger partial charge in [0.05, 0.1) is 34.6 Å². The van der Waals surface area contributed by atoms with Crippen LogP contribution in [-0.4, -0.2) is 18.8 Å². The van der Waals surface area contributed by atoms with Crippen LogP contribution in [0.25, 0.3) is 0 Å². The Hall–Kier alpha value is -1.85. The molecule has 0 aliphatic heterocycles. The van der Waals surface area contributed by atoms with Crippen LogP contribution in [0.5, 0.6) is 5.75 Å². The standard InChI is InChI=1S/C18H20ClNO3S/c1-12(2)7-9-22-17-11-14(5-6-16(17)19)20-18(23-24-4)15-8-10-21-13(15)3/h5-8,10-11H,9H2,1-4H3/b20-18-. The molecule has 6 heteroatoms. The molecule has 0 radical (unpaired) electrons. The molecule has 24 heavy (non-hydrogen) atoms. The van der Waals surface area contributed by atoms with Gasteiger partial charge in [-0.1, -0.05) is 17.2 Å². The Kier molecular flexibility index (Phi) is 6.82. The van der Waals surface area contributed by atoms with Crippen LogP contribution in [-0.2, 0) is 4.18 Å². The fourth-order valence-corrected chi connectivity index (χ4v) is 2.35. The van der Waals surface area contributed by atoms with Gasteiger partial charge in [-0.3, -0.25) is 0 Å². The van der Waals surface area contributed by atoms with Gasteiger partial charge in [-0.25, -0.2) is 4.99 Å². The second-order valence-electron chi connectivity index (χ2n) is 5.26. The van der Waals surface area contributed by atoms with E-state index in [1.165, 1.54) is 17.6 Å². The molecular weight excluding hydrogens is 346 g/mol. The summed E-state index contributed by atoms with van der Waals surface area (Å²) >= 11 is 7.41. The average molecular weight is 366 g/mol. The van der Waals surface area contributed by atoms with Gasteiger partial charge >= 0.3 is 0 Å². The predicted octanol–water partition coefficient (Wildman–Crippen LogP) is 5.96. The summed E-state index contributed by atoms with van der Waals surface area (Å²) in [6.07, 6.45) is 5.43. The molecule has 0 saturated carbocycles. The molecule has 0 amide bonds. The average Bonchev–Trinajstić information content (AvgIpc) is 2.95. The molecule has 0 fully saturated rings. The Morgan fingerprint density at radius 1 is 1.33 bits per heavy atom. The monoisotopic (exact) mass is 365 g/mol. The molecule has 0 spiro atoms. The molecule has 128 valence electrons. The van der Waals surface area contributed by atoms with E-state index in [1.54, 1.807) is 18.4 Å². The summed E-state index contributed by atoms with van der Waals surface area (Å²) in [6.45, 7) is 6.37. The first-order valence-electron chi connectivity index (χ1n) is 7.40. The number of hydrogen-bond acceptors (Lipinski definition) is 5. The predicted molar refractivity (Wildman–Crippen MR) is 101 cm³/mol. The summed E-state index contributed by atoms with van der Waals surface area (Å²) in [4.78, 5) is 4.56. The van der Waals surface area contributed by atoms with E-state index in [1.807, 2.05) is 45.2 Å². The largest absolute Gasteiger partial charge is 0.488 e. The molecule has 0 saturated heterocycles. The molecular formula is C18H20ClNO3S. The number of halogens is 1. The maximum Gasteiger partial charge on any atom is 0.239 e. The van der Waals surface area contributed by atoms with Crippen molar-refractivity contribution in [3.63, 3.8) is 0 Å². The highest BCUT2D eigenvalue weighted by molar-refractivity contribution is 7.94. The van der Waals surface area contributed by atoms with Gasteiger partial charge in [0.1, 0.15) is 18.1 Å². The molecule has 0 atom stereocenters. The lowest BCUT2D eigenvalue weighted by atomic mass is 10.2. The number of rotatable bonds is 6. The van der Waals surface area contributed by atoms with Gasteiger partial charge in [0.2, 0.25) is 5.90 Å². The van der Waals surface area contributed by atoms with Crippen molar-refractivity contribution in [1.82, 2.24) is 0 Å². The highest BCUT2D eigenvalue weighted by atomic mass is 35.5. The first-order valence-corrected chi connectivity index (χ1v) is 8.93. The molecule has 2 aromatic rings. The zero-order valence-corrected chi connectivity index (χ0v) is 15.7. The second kappa shape index (κ2) is 8.85. The summed E-state index contributed by atoms with van der Waals surface area (Å²) in [5, 5.41) is 0.544. The van der Waals surface area contributed by atoms with E-state index in [0.29, 0.717) is 29.0 Å². The molecule has 0 N–H and O–H groups in total. The molecule has 2 rings (SSSR count). The molecule has 0 bridgehead atoms. The van der Waals surface area contributed by atoms with Crippen LogP contribution in [0.1, 0.15) is 25.2 Å². The number of hydrogen-bond donors (Lipinski definition) is 0. The van der Waals surface area contributed by atoms with Crippen LogP contribution in [0, 0.1) is 6.92 Å². The highest BCUT2D eigenvalue weighted by Gasteiger charge is 2.12. The van der Waals surface area contributed by atoms with E-state index in [-0.39, 0.29) is 0 Å². The first kappa shape index (κ1) is 18.5. The van der Waals surface area contributed by atoms with Gasteiger partial charge in [-0.15, -0.1) is 0 Å². The van der Waals surface area contributed by atoms with E-state index in [2.05, 4.69) is 4.99 Å². The third kappa shape index (κ3) is 5.08. The van der Waals surface area contributed by atoms with Crippen LogP contribution in [0.3, 0.4) is 0 Å². The van der Waals surface area contributed by atoms with Crippen molar-refractivity contribution in [3.05, 3.63) is 58.5 Å². The fraction of sp³-hybridized carbons (Fsp3) is 0.278. The smallest absolute Gasteiger partial charge is 0.239 e. The summed E-state index contributed by atoms with van der Waals surface area (Å²) < 4.78 is 16.6. The minimum atomic E-state index is 0.463. The normalized spacial score (nSPS) is 11.3. The topological polar surface area (TPSA) is 44.0 Å². The third-order valence-electron chi connectivity index (χ3n) is 3.13. The highest BCUT2D eigenvalue weighted by Crippen LogP contribution is 2.30. The second-order valence-corrected chi connectivity index (χ2v) is 6.17. The lowest BCUT2D eigenvalue weighted by molar-refractivity contribution is 0.362. The van der Waals surface area contributed by atoms with Crippen molar-refractivity contribution in [3.8, 4) is 5.75 Å². The van der Waals surface area contributed by atoms with Crippen LogP contribution >= 0.6 is 23.6 Å². The Balaban J connectivity index is 2.29. The number of ether oxygens (including phenoxy) is 1. The van der Waals surface area contributed by atoms with Crippen LogP contribution < -0.4 is 4.74 Å². The number of aliphatic imine (C=N–C) groups is 1. The van der Waals surface area contributed by atoms with Crippen molar-refractivity contribution in [2.45, 2.75) is 20.8 Å². The molecule has 1 heterocycles. The number of nitrogens with zero attached hydrogens (tertiary/aromatic N) is 1. The van der Waals surface area contributed by atoms with Crippen molar-refractivity contribution >= 4 is 35.2 Å². The fourth-order valence-electron chi connectivity index (χ4n) is 1.90. The zero-order valence-electron chi connectivity index (χ0n) is 14.1. The summed E-state index contributed by atoms with van der Waals surface area (Å²) in [6, 6.07) is 7.19. The number of aryl methyl sites for hydroxylation is 1. The van der Waals surface area contributed by atoms with Gasteiger partial charge in [0, 0.05) is 12.3 Å². The maximum atomic E-state index is 6.19. The third-order valence-corrected chi connectivity index (χ3v) is 3.76. The van der Waals surface area contributed by atoms with Crippen molar-refractivity contribution in [2.24, 2.45) is 4.99 Å². The summed E-state index contributed by atoms with van der Waals surface area (Å²) in [7, 11) is 0. The quantitative estimate of drug-likeness (QED) is 0.274. The van der Waals surface area contributed by atoms with Gasteiger partial charge < -0.3 is 13.3 Å². The van der Waals surface area contributed by atoms with Crippen molar-refractivity contribution < 1.29 is 13.3 Å². The Morgan fingerprint density at radius 3 is 2.75 bits per heavy atom. The van der Waals surface area contributed by atoms with E-state index < -0.39 is 0 Å². The molecule has 0 aliphatic rings. The Labute approximate surface area is 151 Å². The zero-order chi connectivity index (χ0) is 17.5. The Morgan fingerprint density at radius 2 is 2.12 bits per heavy atom. The molecule has 4 nitrogen and oxygen atoms in total. The SMILES string of the molecule is CSO/C(=N\c1ccc(Cl)c(OCC=C(C)C)c1)c1ccoc1C. The molecule has 1 aromatic carbocycles. The minimum absolute atomic E-state index is 0.463. The minimum Gasteiger partial charge on any atom is -0.488 e. The first-order chi connectivity index (χ1) is 11.5. The summed E-state index contributed by atoms with van der Waals surface area (Å²) in [5.74, 6) is 1.81. The molecule has 0 aliphatic carbocycles. The molecule has 1 aromatic heterocycles. The number of benzene rings is 1. The van der Waals surface area contributed by atoms with Crippen LogP contribution in [0.4, 0.5) is 5.69 Å². The lowest BCUT2D eigenvalue weighted by Crippen LogP contribution is -2.02. The van der Waals surface area contributed by atoms with E-state index >= 15 is 0 Å². The van der Waals surface area contributed by atoms with Crippen LogP contribution in [0.2, 0.25) is 5.02 Å². The van der Waals surface area contributed by atoms with Crippen LogP contribution in [0.15, 0.2) is 51.6 Å². The van der Waals surface area contributed by atoms with Crippen molar-refractivity contribution in [2.75, 3.05) is 12.9 Å². The van der Waals surface area contributed by atoms with Gasteiger partial charge in [-0.05, 0) is 45.0 Å². The number of furan rings is 1. The Bertz CT molecular complexity index is 748. The van der Waals surface area contributed by atoms with Crippen molar-refractivity contribution in [1.29, 1.82) is 0 Å². The van der Waals surface area contributed by atoms with E-state index in [4.69, 9.17) is 24.9 Å². The van der Waals surface area contributed by atoms with Gasteiger partial charge in [0.15, 0.2) is 0 Å². The number of allylic oxidation sites excluding steroid dienone is 1. The molecule has 0 unspecified atom stereocenters. The van der Waals surface area contributed by atoms with E-state index in [9.17, 15) is 0 Å². The van der Waals surface area contributed by atoms with Gasteiger partial charge in [-0.2, -0.15) is 0 Å².